The average Bonchev–Trinajstić information content (AvgIpc) is 3.22. The van der Waals surface area contributed by atoms with Crippen molar-refractivity contribution < 1.29 is 23.8 Å². The molecule has 1 fully saturated rings. The van der Waals surface area contributed by atoms with Gasteiger partial charge in [0.1, 0.15) is 13.2 Å². The van der Waals surface area contributed by atoms with Gasteiger partial charge >= 0.3 is 5.97 Å². The van der Waals surface area contributed by atoms with Gasteiger partial charge < -0.3 is 19.1 Å². The largest absolute Gasteiger partial charge is 0.486 e. The van der Waals surface area contributed by atoms with Crippen LogP contribution in [0.2, 0.25) is 0 Å². The normalized spacial score (nSPS) is 18.3. The second-order valence-electron chi connectivity index (χ2n) is 6.63. The number of benzene rings is 2. The van der Waals surface area contributed by atoms with Crippen molar-refractivity contribution >= 4 is 11.9 Å². The fourth-order valence-corrected chi connectivity index (χ4v) is 3.66. The number of esters is 1. The first-order valence-electron chi connectivity index (χ1n) is 9.06. The first-order valence-corrected chi connectivity index (χ1v) is 9.06. The van der Waals surface area contributed by atoms with E-state index < -0.39 is 5.97 Å². The van der Waals surface area contributed by atoms with Gasteiger partial charge in [-0.25, -0.2) is 4.79 Å². The van der Waals surface area contributed by atoms with Gasteiger partial charge in [-0.15, -0.1) is 0 Å². The zero-order chi connectivity index (χ0) is 18.8. The van der Waals surface area contributed by atoms with E-state index in [2.05, 4.69) is 0 Å². The number of hydrogen-bond acceptors (Lipinski definition) is 5. The van der Waals surface area contributed by atoms with Gasteiger partial charge in [-0.2, -0.15) is 0 Å². The van der Waals surface area contributed by atoms with Crippen molar-refractivity contribution in [2.75, 3.05) is 26.9 Å². The molecule has 1 unspecified atom stereocenters. The number of amides is 1. The number of rotatable bonds is 3. The monoisotopic (exact) mass is 367 g/mol. The summed E-state index contributed by atoms with van der Waals surface area (Å²) in [6.45, 7) is 1.80. The van der Waals surface area contributed by atoms with Gasteiger partial charge in [0, 0.05) is 12.1 Å². The van der Waals surface area contributed by atoms with Gasteiger partial charge in [-0.1, -0.05) is 6.07 Å². The quantitative estimate of drug-likeness (QED) is 0.780. The maximum atomic E-state index is 13.0. The Bertz CT molecular complexity index is 861. The molecule has 140 valence electrons. The van der Waals surface area contributed by atoms with Gasteiger partial charge in [0.25, 0.3) is 5.91 Å². The van der Waals surface area contributed by atoms with E-state index in [4.69, 9.17) is 14.2 Å². The maximum absolute atomic E-state index is 13.0. The van der Waals surface area contributed by atoms with Crippen LogP contribution in [0.25, 0.3) is 0 Å². The van der Waals surface area contributed by atoms with Crippen LogP contribution in [0.5, 0.6) is 11.5 Å². The zero-order valence-corrected chi connectivity index (χ0v) is 15.1. The van der Waals surface area contributed by atoms with E-state index in [1.807, 2.05) is 23.1 Å². The van der Waals surface area contributed by atoms with Gasteiger partial charge in [0.05, 0.1) is 18.7 Å². The van der Waals surface area contributed by atoms with Crippen molar-refractivity contribution in [3.63, 3.8) is 0 Å². The summed E-state index contributed by atoms with van der Waals surface area (Å²) in [5.41, 5.74) is 2.04. The number of methoxy groups -OCH3 is 1. The number of fused-ring (bicyclic) bond motifs is 1. The molecule has 0 radical (unpaired) electrons. The number of carbonyl (C=O) groups excluding carboxylic acids is 2. The van der Waals surface area contributed by atoms with Gasteiger partial charge in [0.15, 0.2) is 11.5 Å². The third-order valence-corrected chi connectivity index (χ3v) is 5.02. The number of likely N-dealkylation sites (tertiary alicyclic amines) is 1. The molecule has 0 N–H and O–H groups in total. The SMILES string of the molecule is COC(=O)c1ccc(C(=O)N2CCCC2c2ccc3c(c2)OCCO3)cc1. The van der Waals surface area contributed by atoms with Crippen molar-refractivity contribution in [3.8, 4) is 11.5 Å². The van der Waals surface area contributed by atoms with Gasteiger partial charge in [-0.3, -0.25) is 4.79 Å². The summed E-state index contributed by atoms with van der Waals surface area (Å²) in [4.78, 5) is 26.5. The van der Waals surface area contributed by atoms with Crippen LogP contribution in [0.3, 0.4) is 0 Å². The summed E-state index contributed by atoms with van der Waals surface area (Å²) in [7, 11) is 1.34. The molecule has 1 amide bonds. The first-order chi connectivity index (χ1) is 13.2. The Morgan fingerprint density at radius 3 is 2.44 bits per heavy atom. The van der Waals surface area contributed by atoms with Crippen molar-refractivity contribution in [2.45, 2.75) is 18.9 Å². The van der Waals surface area contributed by atoms with Crippen LogP contribution in [-0.4, -0.2) is 43.6 Å². The molecule has 2 aromatic carbocycles. The highest BCUT2D eigenvalue weighted by molar-refractivity contribution is 5.96. The third kappa shape index (κ3) is 3.35. The number of carbonyl (C=O) groups is 2. The van der Waals surface area contributed by atoms with Gasteiger partial charge in [-0.05, 0) is 54.8 Å². The van der Waals surface area contributed by atoms with Crippen LogP contribution >= 0.6 is 0 Å². The lowest BCUT2D eigenvalue weighted by atomic mass is 10.0. The molecule has 2 heterocycles. The van der Waals surface area contributed by atoms with E-state index in [0.717, 1.165) is 29.9 Å². The molecule has 0 bridgehead atoms. The molecule has 6 heteroatoms. The van der Waals surface area contributed by atoms with E-state index in [0.29, 0.717) is 30.9 Å². The summed E-state index contributed by atoms with van der Waals surface area (Å²) in [6.07, 6.45) is 1.86. The topological polar surface area (TPSA) is 65.1 Å². The summed E-state index contributed by atoms with van der Waals surface area (Å²) < 4.78 is 16.0. The van der Waals surface area contributed by atoms with Crippen LogP contribution in [0.4, 0.5) is 0 Å². The molecule has 27 heavy (non-hydrogen) atoms. The van der Waals surface area contributed by atoms with Crippen molar-refractivity contribution in [1.82, 2.24) is 4.90 Å². The predicted octanol–water partition coefficient (Wildman–Crippen LogP) is 3.22. The fraction of sp³-hybridized carbons (Fsp3) is 0.333. The molecule has 0 aromatic heterocycles. The molecule has 0 spiro atoms. The number of ether oxygens (including phenoxy) is 3. The smallest absolute Gasteiger partial charge is 0.337 e. The minimum Gasteiger partial charge on any atom is -0.486 e. The van der Waals surface area contributed by atoms with E-state index in [9.17, 15) is 9.59 Å². The molecule has 0 saturated carbocycles. The minimum absolute atomic E-state index is 0.00797. The van der Waals surface area contributed by atoms with Crippen molar-refractivity contribution in [2.24, 2.45) is 0 Å². The van der Waals surface area contributed by atoms with Crippen LogP contribution in [0.1, 0.15) is 45.2 Å². The third-order valence-electron chi connectivity index (χ3n) is 5.02. The Morgan fingerprint density at radius 2 is 1.70 bits per heavy atom. The number of hydrogen-bond donors (Lipinski definition) is 0. The van der Waals surface area contributed by atoms with Crippen LogP contribution in [0, 0.1) is 0 Å². The predicted molar refractivity (Wildman–Crippen MR) is 98.2 cm³/mol. The Labute approximate surface area is 157 Å². The fourth-order valence-electron chi connectivity index (χ4n) is 3.66. The molecule has 2 aromatic rings. The Morgan fingerprint density at radius 1 is 1.00 bits per heavy atom. The van der Waals surface area contributed by atoms with Crippen LogP contribution in [0.15, 0.2) is 42.5 Å². The number of nitrogens with zero attached hydrogens (tertiary/aromatic N) is 1. The average molecular weight is 367 g/mol. The lowest BCUT2D eigenvalue weighted by molar-refractivity contribution is 0.0599. The second-order valence-corrected chi connectivity index (χ2v) is 6.63. The molecule has 1 atom stereocenters. The summed E-state index contributed by atoms with van der Waals surface area (Å²) >= 11 is 0. The van der Waals surface area contributed by atoms with E-state index in [-0.39, 0.29) is 11.9 Å². The summed E-state index contributed by atoms with van der Waals surface area (Å²) in [5.74, 6) is 1.04. The highest BCUT2D eigenvalue weighted by Crippen LogP contribution is 2.38. The molecular weight excluding hydrogens is 346 g/mol. The zero-order valence-electron chi connectivity index (χ0n) is 15.1. The highest BCUT2D eigenvalue weighted by atomic mass is 16.6. The lowest BCUT2D eigenvalue weighted by Gasteiger charge is -2.27. The summed E-state index contributed by atoms with van der Waals surface area (Å²) in [5, 5.41) is 0. The highest BCUT2D eigenvalue weighted by Gasteiger charge is 2.31. The Hall–Kier alpha value is -3.02. The first kappa shape index (κ1) is 17.4. The Balaban J connectivity index is 1.56. The molecule has 0 aliphatic carbocycles. The van der Waals surface area contributed by atoms with E-state index in [1.165, 1.54) is 7.11 Å². The molecule has 6 nitrogen and oxygen atoms in total. The maximum Gasteiger partial charge on any atom is 0.337 e. The summed E-state index contributed by atoms with van der Waals surface area (Å²) in [6, 6.07) is 12.5. The minimum atomic E-state index is -0.413. The van der Waals surface area contributed by atoms with E-state index in [1.54, 1.807) is 24.3 Å². The van der Waals surface area contributed by atoms with Crippen molar-refractivity contribution in [1.29, 1.82) is 0 Å². The standard InChI is InChI=1S/C21H21NO5/c1-25-21(24)15-6-4-14(5-7-15)20(23)22-10-2-3-17(22)16-8-9-18-19(13-16)27-12-11-26-18/h4-9,13,17H,2-3,10-12H2,1H3. The van der Waals surface area contributed by atoms with E-state index >= 15 is 0 Å². The van der Waals surface area contributed by atoms with Crippen LogP contribution < -0.4 is 9.47 Å². The van der Waals surface area contributed by atoms with Crippen LogP contribution in [-0.2, 0) is 4.74 Å². The lowest BCUT2D eigenvalue weighted by Crippen LogP contribution is -2.30. The molecule has 2 aliphatic heterocycles. The van der Waals surface area contributed by atoms with Crippen molar-refractivity contribution in [3.05, 3.63) is 59.2 Å². The second kappa shape index (κ2) is 7.31. The molecule has 4 rings (SSSR count). The Kier molecular flexibility index (Phi) is 4.71. The van der Waals surface area contributed by atoms with Gasteiger partial charge in [0.2, 0.25) is 0 Å². The molecular formula is C21H21NO5. The molecule has 2 aliphatic rings. The molecule has 1 saturated heterocycles.